The minimum absolute atomic E-state index is 0.0688. The van der Waals surface area contributed by atoms with E-state index < -0.39 is 0 Å². The number of nitrogens with zero attached hydrogens (tertiary/aromatic N) is 1. The van der Waals surface area contributed by atoms with Crippen molar-refractivity contribution in [2.45, 2.75) is 19.9 Å². The second-order valence-corrected chi connectivity index (χ2v) is 3.82. The molecule has 0 fully saturated rings. The Morgan fingerprint density at radius 1 is 1.00 bits per heavy atom. The Morgan fingerprint density at radius 2 is 1.75 bits per heavy atom. The molecule has 2 heteroatoms. The summed E-state index contributed by atoms with van der Waals surface area (Å²) in [5, 5.41) is 0. The van der Waals surface area contributed by atoms with Gasteiger partial charge in [0.15, 0.2) is 0 Å². The van der Waals surface area contributed by atoms with Gasteiger partial charge < -0.3 is 4.57 Å². The van der Waals surface area contributed by atoms with Crippen LogP contribution in [0.4, 0.5) is 0 Å². The first-order valence-electron chi connectivity index (χ1n) is 5.53. The first-order chi connectivity index (χ1) is 7.79. The summed E-state index contributed by atoms with van der Waals surface area (Å²) in [6.07, 6.45) is 2.82. The fourth-order valence-electron chi connectivity index (χ4n) is 1.76. The van der Waals surface area contributed by atoms with Gasteiger partial charge in [-0.3, -0.25) is 4.79 Å². The molecule has 0 aliphatic rings. The van der Waals surface area contributed by atoms with Gasteiger partial charge in [0.2, 0.25) is 0 Å². The highest BCUT2D eigenvalue weighted by Crippen LogP contribution is 2.07. The lowest BCUT2D eigenvalue weighted by atomic mass is 10.1. The van der Waals surface area contributed by atoms with Crippen LogP contribution in [-0.4, -0.2) is 4.57 Å². The van der Waals surface area contributed by atoms with Crippen molar-refractivity contribution in [2.24, 2.45) is 0 Å². The van der Waals surface area contributed by atoms with Gasteiger partial charge in [0.05, 0.1) is 0 Å². The Bertz CT molecular complexity index is 514. The topological polar surface area (TPSA) is 22.0 Å². The molecule has 0 spiro atoms. The fourth-order valence-corrected chi connectivity index (χ4v) is 1.76. The number of hydrogen-bond donors (Lipinski definition) is 0. The maximum Gasteiger partial charge on any atom is 0.250 e. The number of benzene rings is 1. The number of aryl methyl sites for hydroxylation is 1. The molecule has 0 saturated carbocycles. The summed E-state index contributed by atoms with van der Waals surface area (Å²) in [5.41, 5.74) is 2.51. The van der Waals surface area contributed by atoms with E-state index in [9.17, 15) is 4.79 Å². The molecule has 0 N–H and O–H groups in total. The zero-order chi connectivity index (χ0) is 11.4. The molecule has 0 saturated heterocycles. The molecule has 1 heterocycles. The molecule has 0 bridgehead atoms. The number of rotatable bonds is 3. The third-order valence-electron chi connectivity index (χ3n) is 2.64. The van der Waals surface area contributed by atoms with E-state index >= 15 is 0 Å². The van der Waals surface area contributed by atoms with Crippen molar-refractivity contribution < 1.29 is 0 Å². The summed E-state index contributed by atoms with van der Waals surface area (Å²) in [6, 6.07) is 13.8. The van der Waals surface area contributed by atoms with Gasteiger partial charge in [-0.1, -0.05) is 36.4 Å². The van der Waals surface area contributed by atoms with Gasteiger partial charge in [-0.2, -0.15) is 0 Å². The van der Waals surface area contributed by atoms with Crippen LogP contribution in [0.1, 0.15) is 18.1 Å². The lowest BCUT2D eigenvalue weighted by Gasteiger charge is -2.05. The average molecular weight is 213 g/mol. The summed E-state index contributed by atoms with van der Waals surface area (Å²) in [6.45, 7) is 2.70. The van der Waals surface area contributed by atoms with Crippen LogP contribution in [0.15, 0.2) is 53.5 Å². The first-order valence-corrected chi connectivity index (χ1v) is 5.53. The SMILES string of the molecule is CCn1cc(Cc2ccccc2)ccc1=O. The van der Waals surface area contributed by atoms with Gasteiger partial charge in [0.25, 0.3) is 5.56 Å². The number of hydrogen-bond acceptors (Lipinski definition) is 1. The molecule has 1 aromatic carbocycles. The molecular weight excluding hydrogens is 198 g/mol. The third-order valence-corrected chi connectivity index (χ3v) is 2.64. The molecule has 2 nitrogen and oxygen atoms in total. The van der Waals surface area contributed by atoms with Crippen molar-refractivity contribution in [3.8, 4) is 0 Å². The Kier molecular flexibility index (Phi) is 3.20. The third kappa shape index (κ3) is 2.40. The Balaban J connectivity index is 2.26. The molecule has 2 rings (SSSR count). The Morgan fingerprint density at radius 3 is 2.44 bits per heavy atom. The van der Waals surface area contributed by atoms with E-state index in [0.29, 0.717) is 0 Å². The highest BCUT2D eigenvalue weighted by atomic mass is 16.1. The second-order valence-electron chi connectivity index (χ2n) is 3.82. The fraction of sp³-hybridized carbons (Fsp3) is 0.214. The van der Waals surface area contributed by atoms with Crippen LogP contribution in [-0.2, 0) is 13.0 Å². The Hall–Kier alpha value is -1.83. The minimum atomic E-state index is 0.0688. The second kappa shape index (κ2) is 4.79. The normalized spacial score (nSPS) is 10.3. The van der Waals surface area contributed by atoms with Crippen LogP contribution < -0.4 is 5.56 Å². The molecule has 0 atom stereocenters. The molecule has 2 aromatic rings. The maximum atomic E-state index is 11.4. The highest BCUT2D eigenvalue weighted by Gasteiger charge is 1.98. The summed E-state index contributed by atoms with van der Waals surface area (Å²) in [5.74, 6) is 0. The summed E-state index contributed by atoms with van der Waals surface area (Å²) in [7, 11) is 0. The van der Waals surface area contributed by atoms with Crippen LogP contribution in [0.25, 0.3) is 0 Å². The molecule has 0 aliphatic heterocycles. The van der Waals surface area contributed by atoms with Gasteiger partial charge in [-0.05, 0) is 24.5 Å². The summed E-state index contributed by atoms with van der Waals surface area (Å²) >= 11 is 0. The largest absolute Gasteiger partial charge is 0.316 e. The molecule has 0 unspecified atom stereocenters. The van der Waals surface area contributed by atoms with Crippen LogP contribution >= 0.6 is 0 Å². The smallest absolute Gasteiger partial charge is 0.250 e. The van der Waals surface area contributed by atoms with E-state index in [2.05, 4.69) is 12.1 Å². The van der Waals surface area contributed by atoms with Crippen molar-refractivity contribution in [3.05, 3.63) is 70.1 Å². The van der Waals surface area contributed by atoms with Crippen molar-refractivity contribution in [1.29, 1.82) is 0 Å². The molecule has 0 aliphatic carbocycles. The van der Waals surface area contributed by atoms with E-state index in [-0.39, 0.29) is 5.56 Å². The molecule has 0 radical (unpaired) electrons. The van der Waals surface area contributed by atoms with E-state index in [1.165, 1.54) is 11.1 Å². The van der Waals surface area contributed by atoms with Gasteiger partial charge in [0, 0.05) is 18.8 Å². The molecule has 82 valence electrons. The van der Waals surface area contributed by atoms with E-state index in [1.807, 2.05) is 37.4 Å². The lowest BCUT2D eigenvalue weighted by Crippen LogP contribution is -2.17. The monoisotopic (exact) mass is 213 g/mol. The molecule has 0 amide bonds. The number of aromatic nitrogens is 1. The first kappa shape index (κ1) is 10.7. The van der Waals surface area contributed by atoms with Crippen LogP contribution in [0.2, 0.25) is 0 Å². The zero-order valence-corrected chi connectivity index (χ0v) is 9.39. The predicted molar refractivity (Wildman–Crippen MR) is 65.6 cm³/mol. The van der Waals surface area contributed by atoms with Crippen LogP contribution in [0.5, 0.6) is 0 Å². The number of pyridine rings is 1. The summed E-state index contributed by atoms with van der Waals surface area (Å²) in [4.78, 5) is 11.4. The standard InChI is InChI=1S/C14H15NO/c1-2-15-11-13(8-9-14(15)16)10-12-6-4-3-5-7-12/h3-9,11H,2,10H2,1H3. The van der Waals surface area contributed by atoms with Gasteiger partial charge in [-0.15, -0.1) is 0 Å². The zero-order valence-electron chi connectivity index (χ0n) is 9.39. The van der Waals surface area contributed by atoms with Crippen molar-refractivity contribution in [2.75, 3.05) is 0 Å². The van der Waals surface area contributed by atoms with E-state index in [4.69, 9.17) is 0 Å². The quantitative estimate of drug-likeness (QED) is 0.767. The van der Waals surface area contributed by atoms with Gasteiger partial charge in [0.1, 0.15) is 0 Å². The van der Waals surface area contributed by atoms with Crippen molar-refractivity contribution in [3.63, 3.8) is 0 Å². The lowest BCUT2D eigenvalue weighted by molar-refractivity contribution is 0.720. The van der Waals surface area contributed by atoms with Crippen LogP contribution in [0, 0.1) is 0 Å². The maximum absolute atomic E-state index is 11.4. The van der Waals surface area contributed by atoms with E-state index in [1.54, 1.807) is 10.6 Å². The minimum Gasteiger partial charge on any atom is -0.316 e. The molecular formula is C14H15NO. The summed E-state index contributed by atoms with van der Waals surface area (Å²) < 4.78 is 1.73. The highest BCUT2D eigenvalue weighted by molar-refractivity contribution is 5.23. The average Bonchev–Trinajstić information content (AvgIpc) is 2.33. The van der Waals surface area contributed by atoms with Crippen molar-refractivity contribution in [1.82, 2.24) is 4.57 Å². The Labute approximate surface area is 95.2 Å². The molecule has 16 heavy (non-hydrogen) atoms. The molecule has 1 aromatic heterocycles. The van der Waals surface area contributed by atoms with Gasteiger partial charge in [-0.25, -0.2) is 0 Å². The van der Waals surface area contributed by atoms with E-state index in [0.717, 1.165) is 13.0 Å². The van der Waals surface area contributed by atoms with Crippen molar-refractivity contribution >= 4 is 0 Å². The predicted octanol–water partition coefficient (Wildman–Crippen LogP) is 2.46. The van der Waals surface area contributed by atoms with Gasteiger partial charge >= 0.3 is 0 Å². The van der Waals surface area contributed by atoms with Crippen LogP contribution in [0.3, 0.4) is 0 Å².